The number of nitro benzene ring substituents is 2. The molecule has 1 unspecified atom stereocenters. The Hall–Kier alpha value is -5.22. The lowest BCUT2D eigenvalue weighted by atomic mass is 9.66. The Balaban J connectivity index is 1.84. The standard InChI is InChI=1S/C31H27N5O5/c37-31(21-26-14-8-3-9-15-26,27-16-17-28(35(38)39)29(18-27)36(40)41)30(34-23-32-22-33-34,19-24-10-4-1-5-11-24)20-25-12-6-2-7-13-25/h1-18,22-23,37H,19-21H2. The van der Waals surface area contributed by atoms with E-state index in [1.54, 1.807) is 4.68 Å². The highest BCUT2D eigenvalue weighted by molar-refractivity contribution is 5.56. The average molecular weight is 550 g/mol. The molecule has 10 heteroatoms. The van der Waals surface area contributed by atoms with E-state index in [1.165, 1.54) is 18.7 Å². The SMILES string of the molecule is O=[N+]([O-])c1ccc(C(O)(Cc2ccccc2)C(Cc2ccccc2)(Cc2ccccc2)n2cncn2)cc1[N+](=O)[O-]. The fourth-order valence-corrected chi connectivity index (χ4v) is 5.51. The molecule has 0 bridgehead atoms. The summed E-state index contributed by atoms with van der Waals surface area (Å²) in [4.78, 5) is 26.3. The van der Waals surface area contributed by atoms with Crippen LogP contribution in [0.2, 0.25) is 0 Å². The molecular formula is C31H27N5O5. The van der Waals surface area contributed by atoms with Crippen molar-refractivity contribution in [1.29, 1.82) is 0 Å². The van der Waals surface area contributed by atoms with E-state index in [9.17, 15) is 25.3 Å². The van der Waals surface area contributed by atoms with Crippen LogP contribution >= 0.6 is 0 Å². The summed E-state index contributed by atoms with van der Waals surface area (Å²) in [5, 5.41) is 41.4. The highest BCUT2D eigenvalue weighted by atomic mass is 16.6. The van der Waals surface area contributed by atoms with E-state index in [0.717, 1.165) is 28.8 Å². The molecule has 10 nitrogen and oxygen atoms in total. The maximum Gasteiger partial charge on any atom is 0.346 e. The molecule has 5 aromatic rings. The Morgan fingerprint density at radius 3 is 1.61 bits per heavy atom. The van der Waals surface area contributed by atoms with Gasteiger partial charge < -0.3 is 5.11 Å². The molecular weight excluding hydrogens is 522 g/mol. The van der Waals surface area contributed by atoms with Crippen LogP contribution in [0.25, 0.3) is 0 Å². The fraction of sp³-hybridized carbons (Fsp3) is 0.161. The molecule has 1 atom stereocenters. The lowest BCUT2D eigenvalue weighted by Gasteiger charge is -2.48. The first-order chi connectivity index (χ1) is 19.8. The summed E-state index contributed by atoms with van der Waals surface area (Å²) in [7, 11) is 0. The van der Waals surface area contributed by atoms with Gasteiger partial charge in [0.1, 0.15) is 23.8 Å². The van der Waals surface area contributed by atoms with Crippen molar-refractivity contribution in [2.24, 2.45) is 0 Å². The predicted molar refractivity (Wildman–Crippen MR) is 152 cm³/mol. The van der Waals surface area contributed by atoms with E-state index in [-0.39, 0.29) is 24.8 Å². The van der Waals surface area contributed by atoms with Gasteiger partial charge in [0, 0.05) is 31.4 Å². The van der Waals surface area contributed by atoms with Crippen molar-refractivity contribution in [3.8, 4) is 0 Å². The van der Waals surface area contributed by atoms with Crippen molar-refractivity contribution >= 4 is 11.4 Å². The molecule has 0 amide bonds. The summed E-state index contributed by atoms with van der Waals surface area (Å²) in [5.41, 5.74) is -1.81. The van der Waals surface area contributed by atoms with Crippen molar-refractivity contribution < 1.29 is 15.0 Å². The molecule has 0 saturated heterocycles. The molecule has 0 radical (unpaired) electrons. The predicted octanol–water partition coefficient (Wildman–Crippen LogP) is 5.41. The van der Waals surface area contributed by atoms with Crippen LogP contribution in [0.4, 0.5) is 11.4 Å². The number of hydrogen-bond acceptors (Lipinski definition) is 7. The molecule has 0 spiro atoms. The fourth-order valence-electron chi connectivity index (χ4n) is 5.51. The summed E-state index contributed by atoms with van der Waals surface area (Å²) in [6, 6.07) is 32.0. The van der Waals surface area contributed by atoms with Gasteiger partial charge in [-0.1, -0.05) is 91.0 Å². The maximum atomic E-state index is 13.2. The zero-order valence-electron chi connectivity index (χ0n) is 22.0. The first-order valence-electron chi connectivity index (χ1n) is 12.9. The Bertz CT molecular complexity index is 1590. The molecule has 41 heavy (non-hydrogen) atoms. The Morgan fingerprint density at radius 2 is 1.17 bits per heavy atom. The Kier molecular flexibility index (Phi) is 7.66. The maximum absolute atomic E-state index is 13.2. The average Bonchev–Trinajstić information content (AvgIpc) is 3.54. The second-order valence-corrected chi connectivity index (χ2v) is 9.94. The molecule has 4 aromatic carbocycles. The number of nitrogens with zero attached hydrogens (tertiary/aromatic N) is 5. The van der Waals surface area contributed by atoms with Crippen molar-refractivity contribution in [1.82, 2.24) is 14.8 Å². The van der Waals surface area contributed by atoms with Crippen LogP contribution in [0, 0.1) is 20.2 Å². The second kappa shape index (κ2) is 11.5. The van der Waals surface area contributed by atoms with Gasteiger partial charge in [-0.2, -0.15) is 5.10 Å². The van der Waals surface area contributed by atoms with Crippen LogP contribution in [0.3, 0.4) is 0 Å². The normalized spacial score (nSPS) is 12.9. The lowest BCUT2D eigenvalue weighted by molar-refractivity contribution is -0.422. The number of rotatable bonds is 11. The first-order valence-corrected chi connectivity index (χ1v) is 12.9. The molecule has 1 N–H and O–H groups in total. The van der Waals surface area contributed by atoms with Gasteiger partial charge in [0.2, 0.25) is 0 Å². The van der Waals surface area contributed by atoms with Crippen LogP contribution in [0.1, 0.15) is 22.3 Å². The molecule has 206 valence electrons. The third-order valence-corrected chi connectivity index (χ3v) is 7.46. The molecule has 5 rings (SSSR count). The topological polar surface area (TPSA) is 137 Å². The molecule has 1 heterocycles. The number of hydrogen-bond donors (Lipinski definition) is 1. The number of aliphatic hydroxyl groups is 1. The van der Waals surface area contributed by atoms with Gasteiger partial charge in [0.15, 0.2) is 0 Å². The van der Waals surface area contributed by atoms with E-state index in [0.29, 0.717) is 0 Å². The number of benzene rings is 4. The van der Waals surface area contributed by atoms with E-state index >= 15 is 0 Å². The molecule has 0 aliphatic rings. The van der Waals surface area contributed by atoms with Crippen LogP contribution in [-0.4, -0.2) is 29.7 Å². The van der Waals surface area contributed by atoms with Crippen molar-refractivity contribution in [2.45, 2.75) is 30.4 Å². The van der Waals surface area contributed by atoms with E-state index < -0.39 is 32.4 Å². The molecule has 0 aliphatic heterocycles. The van der Waals surface area contributed by atoms with Gasteiger partial charge in [0.05, 0.1) is 9.85 Å². The van der Waals surface area contributed by atoms with Crippen LogP contribution < -0.4 is 0 Å². The highest BCUT2D eigenvalue weighted by Crippen LogP contribution is 2.47. The van der Waals surface area contributed by atoms with Crippen molar-refractivity contribution in [3.05, 3.63) is 164 Å². The Morgan fingerprint density at radius 1 is 0.683 bits per heavy atom. The van der Waals surface area contributed by atoms with Gasteiger partial charge in [0.25, 0.3) is 0 Å². The minimum absolute atomic E-state index is 0.0301. The van der Waals surface area contributed by atoms with Crippen LogP contribution in [0.5, 0.6) is 0 Å². The van der Waals surface area contributed by atoms with Gasteiger partial charge in [-0.15, -0.1) is 0 Å². The second-order valence-electron chi connectivity index (χ2n) is 9.94. The zero-order valence-corrected chi connectivity index (χ0v) is 22.0. The monoisotopic (exact) mass is 549 g/mol. The van der Waals surface area contributed by atoms with E-state index in [2.05, 4.69) is 10.1 Å². The summed E-state index contributed by atoms with van der Waals surface area (Å²) >= 11 is 0. The summed E-state index contributed by atoms with van der Waals surface area (Å²) in [6.07, 6.45) is 3.47. The summed E-state index contributed by atoms with van der Waals surface area (Å²) < 4.78 is 1.61. The van der Waals surface area contributed by atoms with Crippen molar-refractivity contribution in [3.63, 3.8) is 0 Å². The highest BCUT2D eigenvalue weighted by Gasteiger charge is 2.54. The van der Waals surface area contributed by atoms with E-state index in [1.807, 2.05) is 91.0 Å². The number of nitro groups is 2. The minimum Gasteiger partial charge on any atom is -0.382 e. The lowest BCUT2D eigenvalue weighted by Crippen LogP contribution is -2.58. The molecule has 0 fully saturated rings. The van der Waals surface area contributed by atoms with E-state index in [4.69, 9.17) is 0 Å². The quantitative estimate of drug-likeness (QED) is 0.172. The zero-order chi connectivity index (χ0) is 28.9. The molecule has 1 aromatic heterocycles. The van der Waals surface area contributed by atoms with Crippen LogP contribution in [0.15, 0.2) is 122 Å². The third kappa shape index (κ3) is 5.45. The number of aromatic nitrogens is 3. The molecule has 0 saturated carbocycles. The summed E-state index contributed by atoms with van der Waals surface area (Å²) in [5.74, 6) is 0. The Labute approximate surface area is 235 Å². The summed E-state index contributed by atoms with van der Waals surface area (Å²) in [6.45, 7) is 0. The minimum atomic E-state index is -1.87. The van der Waals surface area contributed by atoms with Gasteiger partial charge in [-0.05, 0) is 28.3 Å². The third-order valence-electron chi connectivity index (χ3n) is 7.46. The largest absolute Gasteiger partial charge is 0.382 e. The van der Waals surface area contributed by atoms with Gasteiger partial charge in [-0.3, -0.25) is 20.2 Å². The smallest absolute Gasteiger partial charge is 0.346 e. The van der Waals surface area contributed by atoms with Crippen molar-refractivity contribution in [2.75, 3.05) is 0 Å². The van der Waals surface area contributed by atoms with Gasteiger partial charge in [-0.25, -0.2) is 9.67 Å². The first kappa shape index (κ1) is 27.4. The van der Waals surface area contributed by atoms with Crippen LogP contribution in [-0.2, 0) is 30.4 Å². The molecule has 0 aliphatic carbocycles. The van der Waals surface area contributed by atoms with Gasteiger partial charge >= 0.3 is 11.4 Å².